The second-order valence-electron chi connectivity index (χ2n) is 5.29. The van der Waals surface area contributed by atoms with Crippen LogP contribution >= 0.6 is 11.6 Å². The fraction of sp³-hybridized carbons (Fsp3) is 0.750. The first-order valence-electron chi connectivity index (χ1n) is 5.86. The summed E-state index contributed by atoms with van der Waals surface area (Å²) < 4.78 is 1.75. The Hall–Kier alpha value is -0.540. The van der Waals surface area contributed by atoms with Crippen molar-refractivity contribution in [2.75, 3.05) is 6.54 Å². The first-order chi connectivity index (χ1) is 7.48. The molecule has 0 aromatic carbocycles. The van der Waals surface area contributed by atoms with Gasteiger partial charge in [-0.15, -0.1) is 0 Å². The van der Waals surface area contributed by atoms with Crippen molar-refractivity contribution in [1.82, 2.24) is 9.78 Å². The van der Waals surface area contributed by atoms with Crippen molar-refractivity contribution in [3.05, 3.63) is 16.4 Å². The Morgan fingerprint density at radius 3 is 2.56 bits per heavy atom. The summed E-state index contributed by atoms with van der Waals surface area (Å²) >= 11 is 6.26. The Balaban J connectivity index is 2.25. The van der Waals surface area contributed by atoms with Crippen molar-refractivity contribution in [2.45, 2.75) is 33.1 Å². The Morgan fingerprint density at radius 1 is 1.56 bits per heavy atom. The molecular weight excluding hydrogens is 222 g/mol. The summed E-state index contributed by atoms with van der Waals surface area (Å²) in [6, 6.07) is 0. The lowest BCUT2D eigenvalue weighted by Gasteiger charge is -2.28. The van der Waals surface area contributed by atoms with E-state index in [2.05, 4.69) is 12.0 Å². The number of aryl methyl sites for hydroxylation is 2. The largest absolute Gasteiger partial charge is 0.330 e. The lowest BCUT2D eigenvalue weighted by atomic mass is 9.79. The summed E-state index contributed by atoms with van der Waals surface area (Å²) in [7, 11) is 1.88. The van der Waals surface area contributed by atoms with E-state index in [9.17, 15) is 0 Å². The Kier molecular flexibility index (Phi) is 3.01. The van der Waals surface area contributed by atoms with Gasteiger partial charge in [0.1, 0.15) is 5.15 Å². The highest BCUT2D eigenvalue weighted by molar-refractivity contribution is 6.30. The molecule has 2 rings (SSSR count). The van der Waals surface area contributed by atoms with Crippen LogP contribution in [0.1, 0.15) is 31.0 Å². The number of aromatic nitrogens is 2. The van der Waals surface area contributed by atoms with E-state index in [1.165, 1.54) is 18.4 Å². The van der Waals surface area contributed by atoms with Gasteiger partial charge in [0.25, 0.3) is 0 Å². The van der Waals surface area contributed by atoms with E-state index in [4.69, 9.17) is 17.3 Å². The van der Waals surface area contributed by atoms with Crippen LogP contribution in [0.15, 0.2) is 0 Å². The molecule has 16 heavy (non-hydrogen) atoms. The third-order valence-corrected chi connectivity index (χ3v) is 4.35. The molecule has 1 saturated carbocycles. The molecule has 90 valence electrons. The molecule has 0 saturated heterocycles. The molecule has 0 amide bonds. The molecule has 1 aromatic heterocycles. The second kappa shape index (κ2) is 4.04. The number of rotatable bonds is 4. The molecule has 1 aromatic rings. The fourth-order valence-electron chi connectivity index (χ4n) is 2.44. The summed E-state index contributed by atoms with van der Waals surface area (Å²) in [5.74, 6) is 0.771. The van der Waals surface area contributed by atoms with E-state index < -0.39 is 0 Å². The van der Waals surface area contributed by atoms with Crippen LogP contribution in [-0.4, -0.2) is 16.3 Å². The van der Waals surface area contributed by atoms with Gasteiger partial charge in [-0.25, -0.2) is 0 Å². The van der Waals surface area contributed by atoms with Gasteiger partial charge < -0.3 is 5.73 Å². The SMILES string of the molecule is Cc1nn(C)c(Cl)c1CC(C)(CN)C1CC1. The summed E-state index contributed by atoms with van der Waals surface area (Å²) in [5.41, 5.74) is 8.33. The molecule has 0 aliphatic heterocycles. The van der Waals surface area contributed by atoms with E-state index in [1.54, 1.807) is 4.68 Å². The predicted molar refractivity (Wildman–Crippen MR) is 66.5 cm³/mol. The van der Waals surface area contributed by atoms with Crippen LogP contribution in [0.3, 0.4) is 0 Å². The molecule has 2 N–H and O–H groups in total. The molecule has 1 atom stereocenters. The third kappa shape index (κ3) is 1.98. The lowest BCUT2D eigenvalue weighted by Crippen LogP contribution is -2.32. The van der Waals surface area contributed by atoms with Gasteiger partial charge in [-0.2, -0.15) is 5.10 Å². The molecule has 1 fully saturated rings. The van der Waals surface area contributed by atoms with E-state index in [-0.39, 0.29) is 5.41 Å². The summed E-state index contributed by atoms with van der Waals surface area (Å²) in [6.07, 6.45) is 3.57. The standard InChI is InChI=1S/C12H20ClN3/c1-8-10(11(13)16(3)15-8)6-12(2,7-14)9-4-5-9/h9H,4-7,14H2,1-3H3. The van der Waals surface area contributed by atoms with Gasteiger partial charge in [-0.05, 0) is 44.1 Å². The molecule has 1 aliphatic rings. The van der Waals surface area contributed by atoms with Gasteiger partial charge in [-0.1, -0.05) is 18.5 Å². The molecule has 0 radical (unpaired) electrons. The van der Waals surface area contributed by atoms with Crippen LogP contribution in [0.4, 0.5) is 0 Å². The van der Waals surface area contributed by atoms with Crippen LogP contribution in [0.2, 0.25) is 5.15 Å². The van der Waals surface area contributed by atoms with E-state index >= 15 is 0 Å². The van der Waals surface area contributed by atoms with Crippen molar-refractivity contribution in [2.24, 2.45) is 24.1 Å². The summed E-state index contributed by atoms with van der Waals surface area (Å²) in [4.78, 5) is 0. The quantitative estimate of drug-likeness (QED) is 0.879. The Labute approximate surface area is 102 Å². The number of halogens is 1. The van der Waals surface area contributed by atoms with E-state index in [0.29, 0.717) is 0 Å². The zero-order valence-corrected chi connectivity index (χ0v) is 11.0. The molecule has 0 bridgehead atoms. The molecule has 3 nitrogen and oxygen atoms in total. The van der Waals surface area contributed by atoms with E-state index in [0.717, 1.165) is 29.7 Å². The van der Waals surface area contributed by atoms with Crippen LogP contribution in [0.5, 0.6) is 0 Å². The topological polar surface area (TPSA) is 43.8 Å². The van der Waals surface area contributed by atoms with Crippen molar-refractivity contribution in [3.63, 3.8) is 0 Å². The minimum absolute atomic E-state index is 0.192. The average Bonchev–Trinajstić information content (AvgIpc) is 3.05. The zero-order chi connectivity index (χ0) is 11.9. The molecule has 1 heterocycles. The number of nitrogens with zero attached hydrogens (tertiary/aromatic N) is 2. The number of hydrogen-bond donors (Lipinski definition) is 1. The van der Waals surface area contributed by atoms with Gasteiger partial charge in [0.2, 0.25) is 0 Å². The highest BCUT2D eigenvalue weighted by Crippen LogP contribution is 2.47. The van der Waals surface area contributed by atoms with Crippen LogP contribution in [0.25, 0.3) is 0 Å². The maximum atomic E-state index is 6.26. The first-order valence-corrected chi connectivity index (χ1v) is 6.24. The van der Waals surface area contributed by atoms with Crippen molar-refractivity contribution >= 4 is 11.6 Å². The summed E-state index contributed by atoms with van der Waals surface area (Å²) in [6.45, 7) is 5.01. The van der Waals surface area contributed by atoms with Crippen LogP contribution in [0, 0.1) is 18.3 Å². The Bertz CT molecular complexity index is 395. The monoisotopic (exact) mass is 241 g/mol. The fourth-order valence-corrected chi connectivity index (χ4v) is 2.68. The highest BCUT2D eigenvalue weighted by atomic mass is 35.5. The van der Waals surface area contributed by atoms with Gasteiger partial charge in [0, 0.05) is 12.6 Å². The van der Waals surface area contributed by atoms with Gasteiger partial charge >= 0.3 is 0 Å². The smallest absolute Gasteiger partial charge is 0.130 e. The van der Waals surface area contributed by atoms with Gasteiger partial charge in [0.05, 0.1) is 5.69 Å². The minimum Gasteiger partial charge on any atom is -0.330 e. The van der Waals surface area contributed by atoms with E-state index in [1.807, 2.05) is 14.0 Å². The first kappa shape index (κ1) is 11.9. The lowest BCUT2D eigenvalue weighted by molar-refractivity contribution is 0.281. The highest BCUT2D eigenvalue weighted by Gasteiger charge is 2.41. The normalized spacial score (nSPS) is 19.8. The van der Waals surface area contributed by atoms with Crippen LogP contribution < -0.4 is 5.73 Å². The zero-order valence-electron chi connectivity index (χ0n) is 10.3. The maximum Gasteiger partial charge on any atom is 0.130 e. The van der Waals surface area contributed by atoms with Crippen molar-refractivity contribution in [1.29, 1.82) is 0 Å². The molecule has 1 unspecified atom stereocenters. The molecule has 1 aliphatic carbocycles. The third-order valence-electron chi connectivity index (χ3n) is 3.88. The molecule has 4 heteroatoms. The summed E-state index contributed by atoms with van der Waals surface area (Å²) in [5, 5.41) is 5.11. The Morgan fingerprint density at radius 2 is 2.19 bits per heavy atom. The molecular formula is C12H20ClN3. The predicted octanol–water partition coefficient (Wildman–Crippen LogP) is 2.30. The van der Waals surface area contributed by atoms with Crippen molar-refractivity contribution in [3.8, 4) is 0 Å². The van der Waals surface area contributed by atoms with Crippen molar-refractivity contribution < 1.29 is 0 Å². The average molecular weight is 242 g/mol. The van der Waals surface area contributed by atoms with Gasteiger partial charge in [0.15, 0.2) is 0 Å². The maximum absolute atomic E-state index is 6.26. The van der Waals surface area contributed by atoms with Gasteiger partial charge in [-0.3, -0.25) is 4.68 Å². The minimum atomic E-state index is 0.192. The molecule has 0 spiro atoms. The van der Waals surface area contributed by atoms with Crippen LogP contribution in [-0.2, 0) is 13.5 Å². The number of nitrogens with two attached hydrogens (primary N) is 1. The second-order valence-corrected chi connectivity index (χ2v) is 5.65. The number of hydrogen-bond acceptors (Lipinski definition) is 2.